The zero-order valence-corrected chi connectivity index (χ0v) is 11.1. The molecule has 1 rings (SSSR count). The van der Waals surface area contributed by atoms with Gasteiger partial charge in [-0.3, -0.25) is 4.79 Å². The van der Waals surface area contributed by atoms with Gasteiger partial charge in [0, 0.05) is 0 Å². The molecule has 16 heavy (non-hydrogen) atoms. The third-order valence-corrected chi connectivity index (χ3v) is 3.14. The number of halogens is 1. The number of hydrogen-bond acceptors (Lipinski definition) is 2. The van der Waals surface area contributed by atoms with Crippen molar-refractivity contribution in [2.45, 2.75) is 27.2 Å². The number of benzene rings is 1. The minimum Gasteiger partial charge on any atom is -0.506 e. The summed E-state index contributed by atoms with van der Waals surface area (Å²) in [5.41, 5.74) is 0.836. The number of aliphatic carboxylic acids is 1. The number of rotatable bonds is 3. The molecule has 0 spiro atoms. The fourth-order valence-electron chi connectivity index (χ4n) is 1.50. The van der Waals surface area contributed by atoms with Gasteiger partial charge >= 0.3 is 5.97 Å². The summed E-state index contributed by atoms with van der Waals surface area (Å²) in [5, 5.41) is 18.6. The number of carboxylic acids is 1. The van der Waals surface area contributed by atoms with Crippen molar-refractivity contribution < 1.29 is 15.0 Å². The van der Waals surface area contributed by atoms with Crippen LogP contribution in [0.4, 0.5) is 0 Å². The molecule has 4 heteroatoms. The molecule has 1 aromatic carbocycles. The first kappa shape index (κ1) is 13.0. The van der Waals surface area contributed by atoms with E-state index in [1.807, 2.05) is 6.07 Å². The number of carbonyl (C=O) groups is 1. The van der Waals surface area contributed by atoms with Crippen LogP contribution in [0, 0.1) is 12.3 Å². The SMILES string of the molecule is Cc1cc(CC(C)(C)C(=O)O)cc(Br)c1O. The predicted octanol–water partition coefficient (Wildman–Crippen LogP) is 3.12. The van der Waals surface area contributed by atoms with Crippen LogP contribution >= 0.6 is 15.9 Å². The quantitative estimate of drug-likeness (QED) is 0.898. The van der Waals surface area contributed by atoms with E-state index < -0.39 is 11.4 Å². The minimum absolute atomic E-state index is 0.205. The third-order valence-electron chi connectivity index (χ3n) is 2.54. The average Bonchev–Trinajstić information content (AvgIpc) is 2.13. The van der Waals surface area contributed by atoms with E-state index >= 15 is 0 Å². The highest BCUT2D eigenvalue weighted by atomic mass is 79.9. The highest BCUT2D eigenvalue weighted by Gasteiger charge is 2.27. The van der Waals surface area contributed by atoms with E-state index in [9.17, 15) is 9.90 Å². The highest BCUT2D eigenvalue weighted by molar-refractivity contribution is 9.10. The number of aryl methyl sites for hydroxylation is 1. The molecule has 0 aliphatic carbocycles. The number of aromatic hydroxyl groups is 1. The van der Waals surface area contributed by atoms with Crippen LogP contribution in [0.25, 0.3) is 0 Å². The van der Waals surface area contributed by atoms with Gasteiger partial charge in [0.05, 0.1) is 9.89 Å². The zero-order chi connectivity index (χ0) is 12.5. The van der Waals surface area contributed by atoms with Gasteiger partial charge in [0.25, 0.3) is 0 Å². The molecule has 0 unspecified atom stereocenters. The van der Waals surface area contributed by atoms with E-state index in [1.165, 1.54) is 0 Å². The molecule has 0 saturated carbocycles. The Kier molecular flexibility index (Phi) is 3.63. The van der Waals surface area contributed by atoms with Crippen LogP contribution in [0.1, 0.15) is 25.0 Å². The maximum Gasteiger partial charge on any atom is 0.309 e. The van der Waals surface area contributed by atoms with Crippen molar-refractivity contribution in [2.75, 3.05) is 0 Å². The number of hydrogen-bond donors (Lipinski definition) is 2. The molecule has 0 atom stereocenters. The molecule has 0 bridgehead atoms. The van der Waals surface area contributed by atoms with Gasteiger partial charge in [-0.25, -0.2) is 0 Å². The lowest BCUT2D eigenvalue weighted by Gasteiger charge is -2.19. The second kappa shape index (κ2) is 4.45. The molecular formula is C12H15BrO3. The maximum absolute atomic E-state index is 11.0. The van der Waals surface area contributed by atoms with Gasteiger partial charge in [0.1, 0.15) is 5.75 Å². The van der Waals surface area contributed by atoms with E-state index in [-0.39, 0.29) is 5.75 Å². The van der Waals surface area contributed by atoms with E-state index in [2.05, 4.69) is 15.9 Å². The van der Waals surface area contributed by atoms with Gasteiger partial charge in [0.15, 0.2) is 0 Å². The first-order chi connectivity index (χ1) is 7.24. The Labute approximate surface area is 103 Å². The van der Waals surface area contributed by atoms with Gasteiger partial charge in [-0.15, -0.1) is 0 Å². The lowest BCUT2D eigenvalue weighted by atomic mass is 9.85. The molecule has 88 valence electrons. The molecule has 0 aromatic heterocycles. The predicted molar refractivity (Wildman–Crippen MR) is 65.7 cm³/mol. The van der Waals surface area contributed by atoms with Crippen molar-refractivity contribution in [1.29, 1.82) is 0 Å². The molecule has 0 amide bonds. The van der Waals surface area contributed by atoms with Crippen LogP contribution in [0.2, 0.25) is 0 Å². The van der Waals surface area contributed by atoms with Gasteiger partial charge in [-0.1, -0.05) is 6.07 Å². The number of phenols is 1. The Morgan fingerprint density at radius 1 is 1.44 bits per heavy atom. The molecular weight excluding hydrogens is 272 g/mol. The molecule has 2 N–H and O–H groups in total. The van der Waals surface area contributed by atoms with Gasteiger partial charge in [-0.2, -0.15) is 0 Å². The monoisotopic (exact) mass is 286 g/mol. The van der Waals surface area contributed by atoms with E-state index in [1.54, 1.807) is 26.8 Å². The van der Waals surface area contributed by atoms with E-state index in [0.717, 1.165) is 11.1 Å². The second-order valence-electron chi connectivity index (χ2n) is 4.61. The molecule has 1 aromatic rings. The molecule has 0 radical (unpaired) electrons. The molecule has 0 saturated heterocycles. The summed E-state index contributed by atoms with van der Waals surface area (Å²) in [5.74, 6) is -0.619. The standard InChI is InChI=1S/C12H15BrO3/c1-7-4-8(5-9(13)10(7)14)6-12(2,3)11(15)16/h4-5,14H,6H2,1-3H3,(H,15,16). The smallest absolute Gasteiger partial charge is 0.309 e. The largest absolute Gasteiger partial charge is 0.506 e. The second-order valence-corrected chi connectivity index (χ2v) is 5.46. The lowest BCUT2D eigenvalue weighted by Crippen LogP contribution is -2.26. The molecule has 3 nitrogen and oxygen atoms in total. The minimum atomic E-state index is -0.825. The Morgan fingerprint density at radius 3 is 2.44 bits per heavy atom. The van der Waals surface area contributed by atoms with Crippen LogP contribution in [-0.4, -0.2) is 16.2 Å². The summed E-state index contributed by atoms with van der Waals surface area (Å²) in [6, 6.07) is 3.57. The van der Waals surface area contributed by atoms with Gasteiger partial charge in [-0.05, 0) is 60.3 Å². The van der Waals surface area contributed by atoms with Crippen LogP contribution in [0.5, 0.6) is 5.75 Å². The first-order valence-electron chi connectivity index (χ1n) is 4.95. The van der Waals surface area contributed by atoms with Crippen LogP contribution in [0.3, 0.4) is 0 Å². The average molecular weight is 287 g/mol. The fourth-order valence-corrected chi connectivity index (χ4v) is 2.10. The van der Waals surface area contributed by atoms with E-state index in [0.29, 0.717) is 10.9 Å². The number of phenolic OH excluding ortho intramolecular Hbond substituents is 1. The van der Waals surface area contributed by atoms with Gasteiger partial charge in [0.2, 0.25) is 0 Å². The number of carboxylic acid groups (broad SMARTS) is 1. The molecule has 0 heterocycles. The van der Waals surface area contributed by atoms with Crippen LogP contribution in [0.15, 0.2) is 16.6 Å². The van der Waals surface area contributed by atoms with Crippen molar-refractivity contribution in [3.63, 3.8) is 0 Å². The summed E-state index contributed by atoms with van der Waals surface area (Å²) >= 11 is 3.24. The molecule has 0 aliphatic heterocycles. The van der Waals surface area contributed by atoms with Crippen molar-refractivity contribution in [1.82, 2.24) is 0 Å². The van der Waals surface area contributed by atoms with Crippen molar-refractivity contribution >= 4 is 21.9 Å². The highest BCUT2D eigenvalue weighted by Crippen LogP contribution is 2.31. The van der Waals surface area contributed by atoms with Crippen LogP contribution in [-0.2, 0) is 11.2 Å². The third kappa shape index (κ3) is 2.76. The Balaban J connectivity index is 3.04. The maximum atomic E-state index is 11.0. The van der Waals surface area contributed by atoms with E-state index in [4.69, 9.17) is 5.11 Å². The summed E-state index contributed by atoms with van der Waals surface area (Å²) < 4.78 is 0.601. The molecule has 0 fully saturated rings. The summed E-state index contributed by atoms with van der Waals surface area (Å²) in [4.78, 5) is 11.0. The first-order valence-corrected chi connectivity index (χ1v) is 5.75. The zero-order valence-electron chi connectivity index (χ0n) is 9.54. The Bertz CT molecular complexity index is 401. The lowest BCUT2D eigenvalue weighted by molar-refractivity contribution is -0.146. The summed E-state index contributed by atoms with van der Waals surface area (Å²) in [7, 11) is 0. The van der Waals surface area contributed by atoms with Crippen molar-refractivity contribution in [2.24, 2.45) is 5.41 Å². The van der Waals surface area contributed by atoms with Crippen LogP contribution < -0.4 is 0 Å². The summed E-state index contributed by atoms with van der Waals surface area (Å²) in [6.07, 6.45) is 0.433. The Morgan fingerprint density at radius 2 is 2.00 bits per heavy atom. The molecule has 0 aliphatic rings. The normalized spacial score (nSPS) is 11.5. The Hall–Kier alpha value is -1.03. The van der Waals surface area contributed by atoms with Crippen molar-refractivity contribution in [3.8, 4) is 5.75 Å². The van der Waals surface area contributed by atoms with Crippen molar-refractivity contribution in [3.05, 3.63) is 27.7 Å². The summed E-state index contributed by atoms with van der Waals surface area (Å²) in [6.45, 7) is 5.16. The topological polar surface area (TPSA) is 57.5 Å². The fraction of sp³-hybridized carbons (Fsp3) is 0.417. The van der Waals surface area contributed by atoms with Gasteiger partial charge < -0.3 is 10.2 Å².